The summed E-state index contributed by atoms with van der Waals surface area (Å²) in [6, 6.07) is 12.2. The number of benzene rings is 1. The molecule has 4 nitrogen and oxygen atoms in total. The molecule has 0 atom stereocenters. The van der Waals surface area contributed by atoms with Gasteiger partial charge in [-0.3, -0.25) is 9.59 Å². The number of ketones is 1. The lowest BCUT2D eigenvalue weighted by molar-refractivity contribution is 0.104. The molecule has 0 fully saturated rings. The first kappa shape index (κ1) is 17.0. The Morgan fingerprint density at radius 1 is 1.22 bits per heavy atom. The minimum absolute atomic E-state index is 0.102. The Kier molecular flexibility index (Phi) is 5.71. The van der Waals surface area contributed by atoms with Crippen LogP contribution in [0, 0.1) is 0 Å². The van der Waals surface area contributed by atoms with E-state index in [1.165, 1.54) is 12.1 Å². The van der Waals surface area contributed by atoms with Gasteiger partial charge in [0.15, 0.2) is 5.78 Å². The van der Waals surface area contributed by atoms with Gasteiger partial charge in [0, 0.05) is 11.5 Å². The largest absolute Gasteiger partial charge is 0.497 e. The Bertz CT molecular complexity index is 815. The van der Waals surface area contributed by atoms with Crippen molar-refractivity contribution in [2.45, 2.75) is 0 Å². The Balaban J connectivity index is 2.38. The number of carbonyl (C=O) groups excluding carboxylic acids is 1. The molecule has 0 aromatic heterocycles. The molecule has 118 valence electrons. The number of nitrogens with one attached hydrogen (secondary N) is 1. The summed E-state index contributed by atoms with van der Waals surface area (Å²) in [5.74, 6) is 0.349. The number of allylic oxidation sites excluding steroid dienone is 1. The van der Waals surface area contributed by atoms with Crippen molar-refractivity contribution in [1.82, 2.24) is 0 Å². The van der Waals surface area contributed by atoms with Gasteiger partial charge in [0.25, 0.3) is 0 Å². The number of hydrogen-bond donors (Lipinski definition) is 1. The molecule has 0 saturated carbocycles. The maximum atomic E-state index is 12.4. The zero-order valence-electron chi connectivity index (χ0n) is 12.8. The molecule has 1 N–H and O–H groups in total. The van der Waals surface area contributed by atoms with Crippen LogP contribution in [0.15, 0.2) is 57.8 Å². The van der Waals surface area contributed by atoms with Gasteiger partial charge < -0.3 is 10.1 Å². The second-order valence-electron chi connectivity index (χ2n) is 4.74. The molecule has 2 rings (SSSR count). The molecule has 0 aliphatic heterocycles. The highest BCUT2D eigenvalue weighted by molar-refractivity contribution is 9.10. The molecule has 2 aromatic rings. The lowest BCUT2D eigenvalue weighted by Gasteiger charge is -2.00. The van der Waals surface area contributed by atoms with E-state index in [4.69, 9.17) is 4.74 Å². The summed E-state index contributed by atoms with van der Waals surface area (Å²) in [7, 11) is 3.23. The van der Waals surface area contributed by atoms with E-state index in [-0.39, 0.29) is 16.8 Å². The molecule has 0 unspecified atom stereocenters. The van der Waals surface area contributed by atoms with E-state index in [0.717, 1.165) is 5.56 Å². The van der Waals surface area contributed by atoms with E-state index >= 15 is 0 Å². The van der Waals surface area contributed by atoms with Crippen LogP contribution in [-0.2, 0) is 0 Å². The predicted octanol–water partition coefficient (Wildman–Crippen LogP) is 3.76. The number of ether oxygens (including phenoxy) is 1. The topological polar surface area (TPSA) is 55.4 Å². The maximum Gasteiger partial charge on any atom is 0.212 e. The zero-order valence-corrected chi connectivity index (χ0v) is 14.4. The Morgan fingerprint density at radius 3 is 2.70 bits per heavy atom. The van der Waals surface area contributed by atoms with E-state index in [1.54, 1.807) is 32.4 Å². The maximum absolute atomic E-state index is 12.4. The second-order valence-corrected chi connectivity index (χ2v) is 5.66. The van der Waals surface area contributed by atoms with Crippen LogP contribution in [0.2, 0.25) is 0 Å². The quantitative estimate of drug-likeness (QED) is 0.640. The highest BCUT2D eigenvalue weighted by atomic mass is 79.9. The first-order valence-electron chi connectivity index (χ1n) is 6.93. The monoisotopic (exact) mass is 373 g/mol. The molecule has 0 aliphatic rings. The van der Waals surface area contributed by atoms with Crippen LogP contribution in [0.5, 0.6) is 5.75 Å². The van der Waals surface area contributed by atoms with Gasteiger partial charge in [-0.15, -0.1) is 0 Å². The zero-order chi connectivity index (χ0) is 16.8. The summed E-state index contributed by atoms with van der Waals surface area (Å²) in [6.45, 7) is 0. The van der Waals surface area contributed by atoms with Crippen LogP contribution >= 0.6 is 15.9 Å². The highest BCUT2D eigenvalue weighted by Crippen LogP contribution is 2.15. The van der Waals surface area contributed by atoms with Gasteiger partial charge in [-0.25, -0.2) is 0 Å². The fourth-order valence-electron chi connectivity index (χ4n) is 2.02. The molecule has 5 heteroatoms. The van der Waals surface area contributed by atoms with Crippen molar-refractivity contribution in [2.24, 2.45) is 0 Å². The summed E-state index contributed by atoms with van der Waals surface area (Å²) < 4.78 is 5.80. The minimum atomic E-state index is -0.355. The summed E-state index contributed by atoms with van der Waals surface area (Å²) in [5, 5.41) is 2.80. The number of rotatable bonds is 5. The smallest absolute Gasteiger partial charge is 0.212 e. The van der Waals surface area contributed by atoms with Crippen molar-refractivity contribution in [3.05, 3.63) is 74.4 Å². The number of carbonyl (C=O) groups is 1. The van der Waals surface area contributed by atoms with Crippen LogP contribution in [0.3, 0.4) is 0 Å². The van der Waals surface area contributed by atoms with Gasteiger partial charge in [0.1, 0.15) is 5.75 Å². The van der Waals surface area contributed by atoms with E-state index in [0.29, 0.717) is 15.9 Å². The van der Waals surface area contributed by atoms with Gasteiger partial charge in [-0.2, -0.15) is 0 Å². The van der Waals surface area contributed by atoms with Crippen molar-refractivity contribution in [1.29, 1.82) is 0 Å². The first-order valence-corrected chi connectivity index (χ1v) is 7.72. The molecular formula is C18H16BrNO3. The van der Waals surface area contributed by atoms with Crippen LogP contribution in [0.25, 0.3) is 6.08 Å². The fraction of sp³-hybridized carbons (Fsp3) is 0.111. The SMILES string of the molecule is CNc1ccc(Br)cc(C(=O)C=Cc2cccc(OC)c2)c1=O. The molecule has 0 spiro atoms. The van der Waals surface area contributed by atoms with Gasteiger partial charge >= 0.3 is 0 Å². The molecule has 0 aliphatic carbocycles. The van der Waals surface area contributed by atoms with E-state index in [1.807, 2.05) is 24.3 Å². The van der Waals surface area contributed by atoms with Crippen molar-refractivity contribution >= 4 is 33.5 Å². The molecule has 2 aromatic carbocycles. The van der Waals surface area contributed by atoms with E-state index < -0.39 is 0 Å². The van der Waals surface area contributed by atoms with Gasteiger partial charge in [0.2, 0.25) is 5.43 Å². The third kappa shape index (κ3) is 4.29. The highest BCUT2D eigenvalue weighted by Gasteiger charge is 2.10. The van der Waals surface area contributed by atoms with Crippen molar-refractivity contribution in [3.63, 3.8) is 0 Å². The third-order valence-corrected chi connectivity index (χ3v) is 3.73. The van der Waals surface area contributed by atoms with Gasteiger partial charge in [0.05, 0.1) is 18.4 Å². The molecule has 23 heavy (non-hydrogen) atoms. The minimum Gasteiger partial charge on any atom is -0.497 e. The fourth-order valence-corrected chi connectivity index (χ4v) is 2.38. The summed E-state index contributed by atoms with van der Waals surface area (Å²) in [6.07, 6.45) is 3.04. The number of hydrogen-bond acceptors (Lipinski definition) is 4. The first-order chi connectivity index (χ1) is 11.0. The van der Waals surface area contributed by atoms with Crippen molar-refractivity contribution in [2.75, 3.05) is 19.5 Å². The van der Waals surface area contributed by atoms with E-state index in [9.17, 15) is 9.59 Å². The number of methoxy groups -OCH3 is 1. The molecule has 0 bridgehead atoms. The molecule has 0 heterocycles. The molecule has 0 saturated heterocycles. The molecular weight excluding hydrogens is 358 g/mol. The summed E-state index contributed by atoms with van der Waals surface area (Å²) in [5.41, 5.74) is 0.955. The van der Waals surface area contributed by atoms with Crippen LogP contribution in [-0.4, -0.2) is 19.9 Å². The summed E-state index contributed by atoms with van der Waals surface area (Å²) in [4.78, 5) is 24.7. The normalized spacial score (nSPS) is 10.6. The summed E-state index contributed by atoms with van der Waals surface area (Å²) >= 11 is 3.31. The lowest BCUT2D eigenvalue weighted by atomic mass is 10.1. The lowest BCUT2D eigenvalue weighted by Crippen LogP contribution is -2.14. The Hall–Kier alpha value is -2.40. The standard InChI is InChI=1S/C18H16BrNO3/c1-20-16-8-7-13(19)11-15(18(16)22)17(21)9-6-12-4-3-5-14(10-12)23-2/h3-11H,1-2H3,(H,20,22). The van der Waals surface area contributed by atoms with Crippen molar-refractivity contribution in [3.8, 4) is 5.75 Å². The second kappa shape index (κ2) is 7.74. The van der Waals surface area contributed by atoms with Crippen LogP contribution in [0.4, 0.5) is 5.69 Å². The Labute approximate surface area is 142 Å². The van der Waals surface area contributed by atoms with E-state index in [2.05, 4.69) is 21.2 Å². The molecule has 0 amide bonds. The molecule has 0 radical (unpaired) electrons. The number of halogens is 1. The van der Waals surface area contributed by atoms with Crippen molar-refractivity contribution < 1.29 is 9.53 Å². The predicted molar refractivity (Wildman–Crippen MR) is 96.3 cm³/mol. The van der Waals surface area contributed by atoms with Crippen LogP contribution < -0.4 is 15.5 Å². The Morgan fingerprint density at radius 2 is 2.00 bits per heavy atom. The van der Waals surface area contributed by atoms with Gasteiger partial charge in [-0.05, 0) is 42.0 Å². The third-order valence-electron chi connectivity index (χ3n) is 3.24. The van der Waals surface area contributed by atoms with Gasteiger partial charge in [-0.1, -0.05) is 34.1 Å². The average Bonchev–Trinajstić information content (AvgIpc) is 2.71. The van der Waals surface area contributed by atoms with Crippen LogP contribution in [0.1, 0.15) is 15.9 Å². The average molecular weight is 374 g/mol. The number of anilines is 1.